The third-order valence-corrected chi connectivity index (χ3v) is 7.31. The summed E-state index contributed by atoms with van der Waals surface area (Å²) in [7, 11) is 0. The molecule has 3 aromatic rings. The molecule has 5 nitrogen and oxygen atoms in total. The Morgan fingerprint density at radius 1 is 1.17 bits per heavy atom. The molecule has 4 rings (SSSR count). The lowest BCUT2D eigenvalue weighted by Crippen LogP contribution is -2.34. The van der Waals surface area contributed by atoms with Gasteiger partial charge in [0.1, 0.15) is 17.7 Å². The van der Waals surface area contributed by atoms with Gasteiger partial charge < -0.3 is 0 Å². The van der Waals surface area contributed by atoms with Crippen LogP contribution in [0.2, 0.25) is 5.02 Å². The van der Waals surface area contributed by atoms with Crippen LogP contribution in [0.1, 0.15) is 38.2 Å². The minimum absolute atomic E-state index is 0.0535. The van der Waals surface area contributed by atoms with E-state index in [9.17, 15) is 0 Å². The number of benzene rings is 1. The number of rotatable bonds is 4. The van der Waals surface area contributed by atoms with E-state index >= 15 is 0 Å². The fourth-order valence-corrected chi connectivity index (χ4v) is 5.42. The molecule has 3 heterocycles. The average molecular weight is 445 g/mol. The van der Waals surface area contributed by atoms with Crippen LogP contribution in [0.25, 0.3) is 0 Å². The maximum atomic E-state index is 6.37. The lowest BCUT2D eigenvalue weighted by molar-refractivity contribution is 0.0620. The molecule has 0 bridgehead atoms. The molecule has 8 heteroatoms. The largest absolute Gasteiger partial charge is 0.272 e. The summed E-state index contributed by atoms with van der Waals surface area (Å²) in [6.07, 6.45) is 0. The molecule has 0 spiro atoms. The lowest BCUT2D eigenvalue weighted by Gasteiger charge is -2.24. The summed E-state index contributed by atoms with van der Waals surface area (Å²) in [6.45, 7) is 8.72. The van der Waals surface area contributed by atoms with Crippen molar-refractivity contribution < 1.29 is 4.84 Å². The van der Waals surface area contributed by atoms with Crippen molar-refractivity contribution in [2.45, 2.75) is 43.7 Å². The quantitative estimate of drug-likeness (QED) is 0.567. The van der Waals surface area contributed by atoms with Crippen molar-refractivity contribution >= 4 is 40.5 Å². The van der Waals surface area contributed by atoms with Gasteiger partial charge in [-0.15, -0.1) is 16.4 Å². The van der Waals surface area contributed by atoms with Crippen molar-refractivity contribution in [2.24, 2.45) is 4.99 Å². The maximum absolute atomic E-state index is 6.37. The molecule has 0 fully saturated rings. The molecule has 29 heavy (non-hydrogen) atoms. The van der Waals surface area contributed by atoms with Gasteiger partial charge in [-0.2, -0.15) is 5.10 Å². The number of aryl methyl sites for hydroxylation is 3. The molecule has 0 unspecified atom stereocenters. The van der Waals surface area contributed by atoms with Gasteiger partial charge in [-0.25, -0.2) is 5.48 Å². The van der Waals surface area contributed by atoms with Gasteiger partial charge in [-0.1, -0.05) is 35.5 Å². The van der Waals surface area contributed by atoms with Crippen LogP contribution in [0.15, 0.2) is 45.2 Å². The molecule has 1 aliphatic heterocycles. The number of aliphatic imine (C=N–C) groups is 1. The minimum Gasteiger partial charge on any atom is -0.272 e. The van der Waals surface area contributed by atoms with Crippen molar-refractivity contribution in [3.8, 4) is 0 Å². The van der Waals surface area contributed by atoms with Gasteiger partial charge in [-0.3, -0.25) is 9.83 Å². The van der Waals surface area contributed by atoms with Crippen LogP contribution in [-0.2, 0) is 4.84 Å². The Morgan fingerprint density at radius 2 is 1.97 bits per heavy atom. The molecule has 0 saturated carbocycles. The third kappa shape index (κ3) is 4.19. The monoisotopic (exact) mass is 444 g/mol. The second-order valence-corrected chi connectivity index (χ2v) is 9.80. The second-order valence-electron chi connectivity index (χ2n) is 6.90. The van der Waals surface area contributed by atoms with E-state index in [-0.39, 0.29) is 6.04 Å². The molecule has 1 atom stereocenters. The molecule has 0 aliphatic carbocycles. The molecular formula is C21H21ClN4OS2. The van der Waals surface area contributed by atoms with Crippen molar-refractivity contribution in [2.75, 3.05) is 6.61 Å². The van der Waals surface area contributed by atoms with E-state index in [1.165, 1.54) is 27.1 Å². The highest BCUT2D eigenvalue weighted by Crippen LogP contribution is 2.36. The van der Waals surface area contributed by atoms with Gasteiger partial charge >= 0.3 is 0 Å². The number of thiophene rings is 1. The molecule has 150 valence electrons. The van der Waals surface area contributed by atoms with Gasteiger partial charge in [0.25, 0.3) is 0 Å². The Kier molecular flexibility index (Phi) is 5.92. The van der Waals surface area contributed by atoms with E-state index in [0.29, 0.717) is 17.5 Å². The average Bonchev–Trinajstić information content (AvgIpc) is 3.05. The standard InChI is InChI=1S/C21H21ClN4OS2/c1-11-9-15(14(4)28-11)17-10-27-26-20(23-17)19-12(2)13(3)24-25-21(19)29-18-8-6-5-7-16(18)22/h5-9,17H,10H2,1-4H3,(H,23,26)/t17-/m1/s1. The zero-order chi connectivity index (χ0) is 20.5. The lowest BCUT2D eigenvalue weighted by atomic mass is 10.1. The molecule has 1 N–H and O–H groups in total. The number of halogens is 1. The van der Waals surface area contributed by atoms with Crippen LogP contribution in [0.4, 0.5) is 0 Å². The van der Waals surface area contributed by atoms with Crippen molar-refractivity contribution in [3.63, 3.8) is 0 Å². The Balaban J connectivity index is 1.78. The van der Waals surface area contributed by atoms with E-state index in [4.69, 9.17) is 21.4 Å². The Bertz CT molecular complexity index is 1100. The Labute approximate surface area is 183 Å². The summed E-state index contributed by atoms with van der Waals surface area (Å²) in [5.74, 6) is 0.676. The molecule has 0 radical (unpaired) electrons. The first kappa shape index (κ1) is 20.3. The summed E-state index contributed by atoms with van der Waals surface area (Å²) in [6, 6.07) is 9.86. The number of hydrogen-bond donors (Lipinski definition) is 1. The van der Waals surface area contributed by atoms with Crippen LogP contribution in [0, 0.1) is 27.7 Å². The SMILES string of the molecule is Cc1cc([C@H]2CONC(c3c(Sc4ccccc4Cl)nnc(C)c3C)=N2)c(C)s1. The van der Waals surface area contributed by atoms with Crippen molar-refractivity contribution in [3.05, 3.63) is 67.5 Å². The Hall–Kier alpha value is -1.93. The summed E-state index contributed by atoms with van der Waals surface area (Å²) in [5.41, 5.74) is 7.00. The number of hydrogen-bond acceptors (Lipinski definition) is 7. The van der Waals surface area contributed by atoms with E-state index < -0.39 is 0 Å². The predicted molar refractivity (Wildman–Crippen MR) is 119 cm³/mol. The van der Waals surface area contributed by atoms with E-state index in [2.05, 4.69) is 35.6 Å². The highest BCUT2D eigenvalue weighted by atomic mass is 35.5. The van der Waals surface area contributed by atoms with Crippen LogP contribution in [0.3, 0.4) is 0 Å². The highest BCUT2D eigenvalue weighted by Gasteiger charge is 2.25. The molecule has 1 aliphatic rings. The van der Waals surface area contributed by atoms with Crippen LogP contribution >= 0.6 is 34.7 Å². The van der Waals surface area contributed by atoms with Gasteiger partial charge in [0.15, 0.2) is 5.84 Å². The summed E-state index contributed by atoms with van der Waals surface area (Å²) in [5, 5.41) is 10.2. The topological polar surface area (TPSA) is 59.4 Å². The maximum Gasteiger partial charge on any atom is 0.156 e. The molecule has 0 saturated heterocycles. The Morgan fingerprint density at radius 3 is 2.69 bits per heavy atom. The van der Waals surface area contributed by atoms with E-state index in [0.717, 1.165) is 26.7 Å². The molecule has 1 aromatic carbocycles. The summed E-state index contributed by atoms with van der Waals surface area (Å²) in [4.78, 5) is 14.2. The normalized spacial score (nSPS) is 16.4. The highest BCUT2D eigenvalue weighted by molar-refractivity contribution is 7.99. The molecule has 0 amide bonds. The zero-order valence-electron chi connectivity index (χ0n) is 16.6. The van der Waals surface area contributed by atoms with Crippen molar-refractivity contribution in [1.82, 2.24) is 15.7 Å². The van der Waals surface area contributed by atoms with Gasteiger partial charge in [0.2, 0.25) is 0 Å². The number of amidine groups is 1. The molecular weight excluding hydrogens is 424 g/mol. The van der Waals surface area contributed by atoms with Gasteiger partial charge in [0, 0.05) is 14.6 Å². The number of nitrogens with zero attached hydrogens (tertiary/aromatic N) is 3. The van der Waals surface area contributed by atoms with Crippen LogP contribution in [0.5, 0.6) is 0 Å². The number of hydroxylamine groups is 1. The predicted octanol–water partition coefficient (Wildman–Crippen LogP) is 5.60. The summed E-state index contributed by atoms with van der Waals surface area (Å²) >= 11 is 9.64. The van der Waals surface area contributed by atoms with Gasteiger partial charge in [-0.05, 0) is 57.0 Å². The smallest absolute Gasteiger partial charge is 0.156 e. The van der Waals surface area contributed by atoms with Crippen molar-refractivity contribution in [1.29, 1.82) is 0 Å². The second kappa shape index (κ2) is 8.44. The molecule has 2 aromatic heterocycles. The third-order valence-electron chi connectivity index (χ3n) is 4.84. The number of nitrogens with one attached hydrogen (secondary N) is 1. The van der Waals surface area contributed by atoms with E-state index in [1.807, 2.05) is 38.1 Å². The van der Waals surface area contributed by atoms with Gasteiger partial charge in [0.05, 0.1) is 16.3 Å². The fraction of sp³-hybridized carbons (Fsp3) is 0.286. The van der Waals surface area contributed by atoms with Crippen LogP contribution < -0.4 is 5.48 Å². The fourth-order valence-electron chi connectivity index (χ4n) is 3.23. The minimum atomic E-state index is -0.0535. The number of aromatic nitrogens is 2. The van der Waals surface area contributed by atoms with Crippen LogP contribution in [-0.4, -0.2) is 22.6 Å². The zero-order valence-corrected chi connectivity index (χ0v) is 19.0. The summed E-state index contributed by atoms with van der Waals surface area (Å²) < 4.78 is 0. The van der Waals surface area contributed by atoms with E-state index in [1.54, 1.807) is 11.3 Å². The first-order valence-electron chi connectivity index (χ1n) is 9.23. The first-order chi connectivity index (χ1) is 13.9. The first-order valence-corrected chi connectivity index (χ1v) is 11.2.